The lowest BCUT2D eigenvalue weighted by atomic mass is 10.1. The average Bonchev–Trinajstić information content (AvgIpc) is 3.36. The molecule has 154 valence electrons. The summed E-state index contributed by atoms with van der Waals surface area (Å²) in [5.41, 5.74) is 4.18. The molecule has 0 aliphatic carbocycles. The van der Waals surface area contributed by atoms with E-state index in [2.05, 4.69) is 28.2 Å². The number of rotatable bonds is 4. The predicted octanol–water partition coefficient (Wildman–Crippen LogP) is 2.37. The maximum Gasteiger partial charge on any atom is 0.225 e. The summed E-state index contributed by atoms with van der Waals surface area (Å²) in [4.78, 5) is 20.6. The van der Waals surface area contributed by atoms with Crippen molar-refractivity contribution in [1.29, 1.82) is 0 Å². The van der Waals surface area contributed by atoms with Gasteiger partial charge in [0, 0.05) is 56.4 Å². The van der Waals surface area contributed by atoms with Crippen molar-refractivity contribution in [3.05, 3.63) is 66.6 Å². The summed E-state index contributed by atoms with van der Waals surface area (Å²) in [5.74, 6) is 0.165. The van der Waals surface area contributed by atoms with Gasteiger partial charge in [0.25, 0.3) is 0 Å². The van der Waals surface area contributed by atoms with E-state index in [-0.39, 0.29) is 18.1 Å². The molecule has 0 N–H and O–H groups in total. The predicted molar refractivity (Wildman–Crippen MR) is 113 cm³/mol. The summed E-state index contributed by atoms with van der Waals surface area (Å²) in [6.07, 6.45) is 6.23. The van der Waals surface area contributed by atoms with Crippen LogP contribution in [0.15, 0.2) is 61.1 Å². The largest absolute Gasteiger partial charge is 0.374 e. The van der Waals surface area contributed by atoms with Crippen molar-refractivity contribution >= 4 is 5.91 Å². The number of hydrogen-bond acceptors (Lipinski definition) is 5. The second-order valence-corrected chi connectivity index (χ2v) is 7.94. The molecule has 0 unspecified atom stereocenters. The summed E-state index contributed by atoms with van der Waals surface area (Å²) in [5, 5.41) is 4.89. The van der Waals surface area contributed by atoms with Crippen molar-refractivity contribution in [1.82, 2.24) is 24.6 Å². The maximum atomic E-state index is 12.2. The molecule has 4 heterocycles. The third-order valence-corrected chi connectivity index (χ3v) is 6.01. The van der Waals surface area contributed by atoms with Gasteiger partial charge in [-0.1, -0.05) is 18.2 Å². The minimum Gasteiger partial charge on any atom is -0.374 e. The highest BCUT2D eigenvalue weighted by atomic mass is 16.5. The normalized spacial score (nSPS) is 22.2. The number of carbonyl (C=O) groups is 1. The molecule has 0 radical (unpaired) electrons. The number of fused-ring (bicyclic) bond motifs is 1. The Bertz CT molecular complexity index is 1020. The van der Waals surface area contributed by atoms with Crippen LogP contribution in [0.1, 0.15) is 12.0 Å². The van der Waals surface area contributed by atoms with Crippen LogP contribution in [0.25, 0.3) is 16.9 Å². The number of likely N-dealkylation sites (tertiary alicyclic amines) is 1. The monoisotopic (exact) mass is 403 g/mol. The highest BCUT2D eigenvalue weighted by Crippen LogP contribution is 2.28. The lowest BCUT2D eigenvalue weighted by molar-refractivity contribution is -0.131. The summed E-state index contributed by atoms with van der Waals surface area (Å²) < 4.78 is 7.93. The van der Waals surface area contributed by atoms with Gasteiger partial charge >= 0.3 is 0 Å². The fourth-order valence-electron chi connectivity index (χ4n) is 4.39. The molecule has 2 aliphatic heterocycles. The third-order valence-electron chi connectivity index (χ3n) is 6.01. The molecule has 1 aromatic carbocycles. The molecule has 5 rings (SSSR count). The van der Waals surface area contributed by atoms with Crippen molar-refractivity contribution in [2.24, 2.45) is 0 Å². The van der Waals surface area contributed by atoms with Crippen molar-refractivity contribution in [3.8, 4) is 16.9 Å². The number of aromatic nitrogens is 3. The van der Waals surface area contributed by atoms with Gasteiger partial charge in [-0.2, -0.15) is 5.10 Å². The first kappa shape index (κ1) is 19.0. The Morgan fingerprint density at radius 3 is 2.70 bits per heavy atom. The summed E-state index contributed by atoms with van der Waals surface area (Å²) in [6, 6.07) is 14.2. The molecular weight excluding hydrogens is 378 g/mol. The van der Waals surface area contributed by atoms with Crippen molar-refractivity contribution in [3.63, 3.8) is 0 Å². The Balaban J connectivity index is 1.44. The van der Waals surface area contributed by atoms with E-state index in [0.29, 0.717) is 13.0 Å². The molecule has 3 aromatic rings. The fraction of sp³-hybridized carbons (Fsp3) is 0.348. The van der Waals surface area contributed by atoms with Crippen LogP contribution < -0.4 is 0 Å². The number of carbonyl (C=O) groups excluding carboxylic acids is 1. The zero-order valence-corrected chi connectivity index (χ0v) is 17.0. The highest BCUT2D eigenvalue weighted by Gasteiger charge is 2.39. The van der Waals surface area contributed by atoms with Crippen LogP contribution in [0.4, 0.5) is 0 Å². The summed E-state index contributed by atoms with van der Waals surface area (Å²) in [7, 11) is 1.90. The number of para-hydroxylation sites is 1. The number of benzene rings is 1. The van der Waals surface area contributed by atoms with Crippen molar-refractivity contribution < 1.29 is 9.53 Å². The smallest absolute Gasteiger partial charge is 0.225 e. The van der Waals surface area contributed by atoms with E-state index in [1.165, 1.54) is 0 Å². The number of nitrogens with zero attached hydrogens (tertiary/aromatic N) is 5. The first-order chi connectivity index (χ1) is 14.7. The Labute approximate surface area is 175 Å². The van der Waals surface area contributed by atoms with Crippen LogP contribution in [0, 0.1) is 0 Å². The molecule has 2 aromatic heterocycles. The summed E-state index contributed by atoms with van der Waals surface area (Å²) >= 11 is 0. The van der Waals surface area contributed by atoms with Crippen LogP contribution in [0.3, 0.4) is 0 Å². The first-order valence-electron chi connectivity index (χ1n) is 10.3. The SMILES string of the molecule is CN1C(=O)CCO[C@H]2CN(Cc3cn(-c4ccccc4)nc3-c3ccncc3)C[C@@H]21. The fourth-order valence-corrected chi connectivity index (χ4v) is 4.39. The van der Waals surface area contributed by atoms with Crippen molar-refractivity contribution in [2.75, 3.05) is 26.7 Å². The second kappa shape index (κ2) is 8.01. The van der Waals surface area contributed by atoms with Crippen LogP contribution in [-0.2, 0) is 16.1 Å². The van der Waals surface area contributed by atoms with Gasteiger partial charge in [0.2, 0.25) is 5.91 Å². The van der Waals surface area contributed by atoms with Gasteiger partial charge in [-0.05, 0) is 24.3 Å². The number of likely N-dealkylation sites (N-methyl/N-ethyl adjacent to an activating group) is 1. The first-order valence-corrected chi connectivity index (χ1v) is 10.3. The van der Waals surface area contributed by atoms with Gasteiger partial charge in [-0.3, -0.25) is 14.7 Å². The molecule has 2 saturated heterocycles. The van der Waals surface area contributed by atoms with E-state index in [1.54, 1.807) is 12.4 Å². The second-order valence-electron chi connectivity index (χ2n) is 7.94. The van der Waals surface area contributed by atoms with E-state index >= 15 is 0 Å². The standard InChI is InChI=1S/C23H25N5O2/c1-26-20-15-27(16-21(20)30-12-9-22(26)29)13-18-14-28(19-5-3-2-4-6-19)25-23(18)17-7-10-24-11-8-17/h2-8,10-11,14,20-21H,9,12-13,15-16H2,1H3/t20-,21-/m0/s1. The van der Waals surface area contributed by atoms with Gasteiger partial charge in [-0.15, -0.1) is 0 Å². The molecule has 7 nitrogen and oxygen atoms in total. The van der Waals surface area contributed by atoms with Crippen LogP contribution in [-0.4, -0.2) is 69.4 Å². The van der Waals surface area contributed by atoms with E-state index in [4.69, 9.17) is 9.84 Å². The van der Waals surface area contributed by atoms with Gasteiger partial charge in [-0.25, -0.2) is 4.68 Å². The topological polar surface area (TPSA) is 63.5 Å². The van der Waals surface area contributed by atoms with Crippen molar-refractivity contribution in [2.45, 2.75) is 25.1 Å². The minimum atomic E-state index is 0.0648. The van der Waals surface area contributed by atoms with E-state index < -0.39 is 0 Å². The van der Waals surface area contributed by atoms with Gasteiger partial charge in [0.15, 0.2) is 0 Å². The summed E-state index contributed by atoms with van der Waals surface area (Å²) in [6.45, 7) is 2.88. The molecule has 2 aliphatic rings. The van der Waals surface area contributed by atoms with Gasteiger partial charge < -0.3 is 9.64 Å². The van der Waals surface area contributed by atoms with Crippen LogP contribution >= 0.6 is 0 Å². The lowest BCUT2D eigenvalue weighted by Gasteiger charge is -2.25. The average molecular weight is 403 g/mol. The molecule has 0 bridgehead atoms. The number of amides is 1. The van der Waals surface area contributed by atoms with Crippen LogP contribution in [0.5, 0.6) is 0 Å². The minimum absolute atomic E-state index is 0.0648. The third kappa shape index (κ3) is 3.62. The Morgan fingerprint density at radius 1 is 1.10 bits per heavy atom. The molecule has 30 heavy (non-hydrogen) atoms. The van der Waals surface area contributed by atoms with E-state index in [0.717, 1.165) is 42.1 Å². The molecular formula is C23H25N5O2. The molecule has 1 amide bonds. The van der Waals surface area contributed by atoms with E-state index in [9.17, 15) is 4.79 Å². The Hall–Kier alpha value is -3.03. The molecule has 7 heteroatoms. The molecule has 2 fully saturated rings. The molecule has 0 saturated carbocycles. The van der Waals surface area contributed by atoms with Gasteiger partial charge in [0.05, 0.1) is 36.6 Å². The number of hydrogen-bond donors (Lipinski definition) is 0. The lowest BCUT2D eigenvalue weighted by Crippen LogP contribution is -2.42. The van der Waals surface area contributed by atoms with E-state index in [1.807, 2.05) is 47.0 Å². The zero-order chi connectivity index (χ0) is 20.5. The number of pyridine rings is 1. The zero-order valence-electron chi connectivity index (χ0n) is 17.0. The van der Waals surface area contributed by atoms with Crippen LogP contribution in [0.2, 0.25) is 0 Å². The quantitative estimate of drug-likeness (QED) is 0.669. The highest BCUT2D eigenvalue weighted by molar-refractivity contribution is 5.76. The molecule has 0 spiro atoms. The number of ether oxygens (including phenoxy) is 1. The Morgan fingerprint density at radius 2 is 1.90 bits per heavy atom. The van der Waals surface area contributed by atoms with Gasteiger partial charge in [0.1, 0.15) is 0 Å². The Kier molecular flexibility index (Phi) is 5.06. The maximum absolute atomic E-state index is 12.2. The molecule has 2 atom stereocenters.